The lowest BCUT2D eigenvalue weighted by Gasteiger charge is -2.09. The van der Waals surface area contributed by atoms with Crippen molar-refractivity contribution in [2.75, 3.05) is 12.8 Å². The molecule has 0 spiro atoms. The standard InChI is InChI=1S/C4H7F3N2S2/c1-11-3(10)9-8-2-4(5,6)7/h8H,2H2,1H3,(H,9,10). The molecule has 0 aromatic rings. The highest BCUT2D eigenvalue weighted by Crippen LogP contribution is 2.11. The van der Waals surface area contributed by atoms with Crippen molar-refractivity contribution in [2.24, 2.45) is 0 Å². The Balaban J connectivity index is 3.35. The van der Waals surface area contributed by atoms with Gasteiger partial charge in [-0.2, -0.15) is 13.2 Å². The first-order valence-corrected chi connectivity index (χ1v) is 4.22. The van der Waals surface area contributed by atoms with Crippen LogP contribution in [0.1, 0.15) is 0 Å². The molecule has 0 aliphatic heterocycles. The number of thiocarbonyl (C=S) groups is 1. The van der Waals surface area contributed by atoms with Crippen LogP contribution in [0.15, 0.2) is 0 Å². The van der Waals surface area contributed by atoms with Crippen molar-refractivity contribution in [3.63, 3.8) is 0 Å². The number of thioether (sulfide) groups is 1. The average molecular weight is 204 g/mol. The third kappa shape index (κ3) is 7.89. The van der Waals surface area contributed by atoms with Crippen molar-refractivity contribution in [1.29, 1.82) is 0 Å². The van der Waals surface area contributed by atoms with Crippen LogP contribution in [0.3, 0.4) is 0 Å². The van der Waals surface area contributed by atoms with Crippen molar-refractivity contribution >= 4 is 28.3 Å². The van der Waals surface area contributed by atoms with Gasteiger partial charge in [0.1, 0.15) is 10.9 Å². The van der Waals surface area contributed by atoms with Gasteiger partial charge >= 0.3 is 6.18 Å². The Kier molecular flexibility index (Phi) is 4.78. The van der Waals surface area contributed by atoms with Gasteiger partial charge in [-0.15, -0.1) is 0 Å². The highest BCUT2D eigenvalue weighted by molar-refractivity contribution is 8.22. The molecule has 0 unspecified atom stereocenters. The number of hydrogen-bond acceptors (Lipinski definition) is 3. The molecule has 0 amide bonds. The first kappa shape index (κ1) is 11.0. The van der Waals surface area contributed by atoms with Gasteiger partial charge in [-0.05, 0) is 6.26 Å². The Labute approximate surface area is 71.9 Å². The van der Waals surface area contributed by atoms with Gasteiger partial charge in [0.05, 0.1) is 0 Å². The summed E-state index contributed by atoms with van der Waals surface area (Å²) in [5.74, 6) is 0. The van der Waals surface area contributed by atoms with Crippen LogP contribution in [0.4, 0.5) is 13.2 Å². The second kappa shape index (κ2) is 4.78. The molecular weight excluding hydrogens is 197 g/mol. The first-order chi connectivity index (χ1) is 4.95. The predicted molar refractivity (Wildman–Crippen MR) is 43.3 cm³/mol. The molecule has 0 aliphatic carbocycles. The maximum atomic E-state index is 11.5. The van der Waals surface area contributed by atoms with Gasteiger partial charge in [0.2, 0.25) is 0 Å². The van der Waals surface area contributed by atoms with E-state index in [-0.39, 0.29) is 4.32 Å². The highest BCUT2D eigenvalue weighted by atomic mass is 32.2. The van der Waals surface area contributed by atoms with E-state index in [2.05, 4.69) is 17.6 Å². The van der Waals surface area contributed by atoms with Crippen LogP contribution in [0.5, 0.6) is 0 Å². The van der Waals surface area contributed by atoms with Crippen LogP contribution in [0, 0.1) is 0 Å². The zero-order chi connectivity index (χ0) is 8.91. The summed E-state index contributed by atoms with van der Waals surface area (Å²) in [6.07, 6.45) is -2.54. The summed E-state index contributed by atoms with van der Waals surface area (Å²) in [4.78, 5) is 0. The molecular formula is C4H7F3N2S2. The summed E-state index contributed by atoms with van der Waals surface area (Å²) >= 11 is 5.73. The second-order valence-corrected chi connectivity index (χ2v) is 3.07. The van der Waals surface area contributed by atoms with Gasteiger partial charge < -0.3 is 5.43 Å². The Morgan fingerprint density at radius 1 is 1.55 bits per heavy atom. The minimum Gasteiger partial charge on any atom is -0.306 e. The number of alkyl halides is 3. The van der Waals surface area contributed by atoms with Gasteiger partial charge in [-0.1, -0.05) is 24.0 Å². The molecule has 2 N–H and O–H groups in total. The van der Waals surface area contributed by atoms with Crippen molar-refractivity contribution < 1.29 is 13.2 Å². The van der Waals surface area contributed by atoms with Gasteiger partial charge in [0.15, 0.2) is 0 Å². The van der Waals surface area contributed by atoms with Crippen molar-refractivity contribution in [2.45, 2.75) is 6.18 Å². The summed E-state index contributed by atoms with van der Waals surface area (Å²) in [7, 11) is 0. The summed E-state index contributed by atoms with van der Waals surface area (Å²) in [6, 6.07) is 0. The molecule has 0 atom stereocenters. The lowest BCUT2D eigenvalue weighted by molar-refractivity contribution is -0.125. The van der Waals surface area contributed by atoms with E-state index >= 15 is 0 Å². The topological polar surface area (TPSA) is 24.1 Å². The number of hydrazine groups is 1. The Bertz CT molecular complexity index is 136. The van der Waals surface area contributed by atoms with E-state index in [1.165, 1.54) is 11.8 Å². The van der Waals surface area contributed by atoms with Crippen LogP contribution in [-0.4, -0.2) is 23.3 Å². The van der Waals surface area contributed by atoms with E-state index in [4.69, 9.17) is 0 Å². The molecule has 0 fully saturated rings. The molecule has 0 radical (unpaired) electrons. The molecule has 0 aliphatic rings. The molecule has 0 aromatic heterocycles. The Morgan fingerprint density at radius 3 is 2.45 bits per heavy atom. The fourth-order valence-electron chi connectivity index (χ4n) is 0.268. The van der Waals surface area contributed by atoms with Gasteiger partial charge in [-0.25, -0.2) is 5.43 Å². The average Bonchev–Trinajstić information content (AvgIpc) is 1.85. The molecule has 11 heavy (non-hydrogen) atoms. The van der Waals surface area contributed by atoms with Crippen LogP contribution >= 0.6 is 24.0 Å². The van der Waals surface area contributed by atoms with Gasteiger partial charge in [0.25, 0.3) is 0 Å². The maximum Gasteiger partial charge on any atom is 0.402 e. The van der Waals surface area contributed by atoms with E-state index in [9.17, 15) is 13.2 Å². The lowest BCUT2D eigenvalue weighted by Crippen LogP contribution is -2.40. The smallest absolute Gasteiger partial charge is 0.306 e. The molecule has 0 rings (SSSR count). The molecule has 2 nitrogen and oxygen atoms in total. The lowest BCUT2D eigenvalue weighted by atomic mass is 10.7. The fourth-order valence-corrected chi connectivity index (χ4v) is 0.514. The SMILES string of the molecule is CSC(=S)NNCC(F)(F)F. The number of hydrogen-bond donors (Lipinski definition) is 2. The van der Waals surface area contributed by atoms with Crippen molar-refractivity contribution in [3.8, 4) is 0 Å². The molecule has 0 heterocycles. The maximum absolute atomic E-state index is 11.5. The highest BCUT2D eigenvalue weighted by Gasteiger charge is 2.26. The predicted octanol–water partition coefficient (Wildman–Crippen LogP) is 1.29. The largest absolute Gasteiger partial charge is 0.402 e. The van der Waals surface area contributed by atoms with Crippen LogP contribution < -0.4 is 10.9 Å². The first-order valence-electron chi connectivity index (χ1n) is 2.59. The minimum atomic E-state index is -4.21. The minimum absolute atomic E-state index is 0.286. The zero-order valence-corrected chi connectivity index (χ0v) is 7.29. The molecule has 0 aromatic carbocycles. The quantitative estimate of drug-likeness (QED) is 0.523. The normalized spacial score (nSPS) is 11.3. The van der Waals surface area contributed by atoms with Gasteiger partial charge in [-0.3, -0.25) is 0 Å². The third-order valence-electron chi connectivity index (χ3n) is 0.665. The molecule has 0 saturated carbocycles. The second-order valence-electron chi connectivity index (χ2n) is 1.59. The molecule has 66 valence electrons. The fraction of sp³-hybridized carbons (Fsp3) is 0.750. The van der Waals surface area contributed by atoms with E-state index < -0.39 is 12.7 Å². The number of halogens is 3. The van der Waals surface area contributed by atoms with Crippen LogP contribution in [0.25, 0.3) is 0 Å². The number of rotatable bonds is 2. The monoisotopic (exact) mass is 204 g/mol. The summed E-state index contributed by atoms with van der Waals surface area (Å²) < 4.78 is 34.7. The third-order valence-corrected chi connectivity index (χ3v) is 1.74. The zero-order valence-electron chi connectivity index (χ0n) is 5.66. The Morgan fingerprint density at radius 2 is 2.09 bits per heavy atom. The van der Waals surface area contributed by atoms with Gasteiger partial charge in [0, 0.05) is 0 Å². The summed E-state index contributed by atoms with van der Waals surface area (Å²) in [6.45, 7) is -1.09. The van der Waals surface area contributed by atoms with E-state index in [0.29, 0.717) is 0 Å². The van der Waals surface area contributed by atoms with Crippen LogP contribution in [0.2, 0.25) is 0 Å². The summed E-state index contributed by atoms with van der Waals surface area (Å²) in [5.41, 5.74) is 4.15. The van der Waals surface area contributed by atoms with E-state index in [1.807, 2.05) is 5.43 Å². The van der Waals surface area contributed by atoms with Crippen LogP contribution in [-0.2, 0) is 0 Å². The molecule has 7 heteroatoms. The van der Waals surface area contributed by atoms with E-state index in [1.54, 1.807) is 6.26 Å². The Hall–Kier alpha value is -0.0100. The summed E-state index contributed by atoms with van der Waals surface area (Å²) in [5, 5.41) is 0. The van der Waals surface area contributed by atoms with E-state index in [0.717, 1.165) is 0 Å². The molecule has 0 saturated heterocycles. The van der Waals surface area contributed by atoms with Crippen molar-refractivity contribution in [1.82, 2.24) is 10.9 Å². The number of nitrogens with one attached hydrogen (secondary N) is 2. The van der Waals surface area contributed by atoms with Crippen molar-refractivity contribution in [3.05, 3.63) is 0 Å². The molecule has 0 bridgehead atoms.